The second-order valence-electron chi connectivity index (χ2n) is 24.2. The van der Waals surface area contributed by atoms with Gasteiger partial charge in [0.1, 0.15) is 13.2 Å². The number of unbranched alkanes of at least 4 members (excludes halogenated alkanes) is 53. The Labute approximate surface area is 481 Å². The van der Waals surface area contributed by atoms with Crippen LogP contribution in [0.15, 0.2) is 12.2 Å². The van der Waals surface area contributed by atoms with Gasteiger partial charge in [-0.1, -0.05) is 354 Å². The van der Waals surface area contributed by atoms with Gasteiger partial charge in [0.2, 0.25) is 0 Å². The third-order valence-corrected chi connectivity index (χ3v) is 16.3. The van der Waals surface area contributed by atoms with Crippen molar-refractivity contribution < 1.29 is 28.6 Å². The van der Waals surface area contributed by atoms with E-state index in [2.05, 4.69) is 32.9 Å². The average Bonchev–Trinajstić information content (AvgIpc) is 3.43. The highest BCUT2D eigenvalue weighted by Gasteiger charge is 2.19. The molecule has 0 spiro atoms. The van der Waals surface area contributed by atoms with Gasteiger partial charge in [0.05, 0.1) is 0 Å². The molecule has 0 aliphatic heterocycles. The molecule has 0 fully saturated rings. The van der Waals surface area contributed by atoms with Crippen LogP contribution in [0.25, 0.3) is 0 Å². The molecule has 0 heterocycles. The van der Waals surface area contributed by atoms with Gasteiger partial charge in [-0.3, -0.25) is 14.4 Å². The van der Waals surface area contributed by atoms with E-state index in [1.54, 1.807) is 0 Å². The van der Waals surface area contributed by atoms with Crippen LogP contribution >= 0.6 is 0 Å². The lowest BCUT2D eigenvalue weighted by Gasteiger charge is -2.18. The van der Waals surface area contributed by atoms with Gasteiger partial charge in [-0.25, -0.2) is 0 Å². The maximum absolute atomic E-state index is 12.9. The number of carbonyl (C=O) groups is 3. The van der Waals surface area contributed by atoms with E-state index < -0.39 is 6.10 Å². The highest BCUT2D eigenvalue weighted by Crippen LogP contribution is 2.19. The molecule has 0 aliphatic carbocycles. The average molecular weight is 1090 g/mol. The van der Waals surface area contributed by atoms with Crippen molar-refractivity contribution >= 4 is 17.9 Å². The molecule has 0 radical (unpaired) electrons. The minimum Gasteiger partial charge on any atom is -0.462 e. The summed E-state index contributed by atoms with van der Waals surface area (Å²) in [6.45, 7) is 6.73. The van der Waals surface area contributed by atoms with Gasteiger partial charge in [-0.05, 0) is 44.9 Å². The normalized spacial score (nSPS) is 12.0. The highest BCUT2D eigenvalue weighted by molar-refractivity contribution is 5.71. The van der Waals surface area contributed by atoms with E-state index in [9.17, 15) is 14.4 Å². The number of rotatable bonds is 66. The molecule has 0 rings (SSSR count). The summed E-state index contributed by atoms with van der Waals surface area (Å²) in [6, 6.07) is 0. The Hall–Kier alpha value is -1.85. The quantitative estimate of drug-likeness (QED) is 0.0261. The summed E-state index contributed by atoms with van der Waals surface area (Å²) in [7, 11) is 0. The van der Waals surface area contributed by atoms with Gasteiger partial charge in [-0.15, -0.1) is 0 Å². The van der Waals surface area contributed by atoms with E-state index in [0.717, 1.165) is 57.8 Å². The molecule has 456 valence electrons. The van der Waals surface area contributed by atoms with E-state index >= 15 is 0 Å². The van der Waals surface area contributed by atoms with E-state index in [0.29, 0.717) is 19.3 Å². The predicted octanol–water partition coefficient (Wildman–Crippen LogP) is 24.0. The Morgan fingerprint density at radius 2 is 0.429 bits per heavy atom. The Kier molecular flexibility index (Phi) is 65.1. The number of hydrogen-bond donors (Lipinski definition) is 0. The van der Waals surface area contributed by atoms with Crippen molar-refractivity contribution in [3.8, 4) is 0 Å². The van der Waals surface area contributed by atoms with Crippen LogP contribution in [-0.4, -0.2) is 37.2 Å². The number of hydrogen-bond acceptors (Lipinski definition) is 6. The zero-order valence-corrected chi connectivity index (χ0v) is 52.5. The van der Waals surface area contributed by atoms with E-state index in [1.807, 2.05) is 0 Å². The number of carbonyl (C=O) groups excluding carboxylic acids is 3. The summed E-state index contributed by atoms with van der Waals surface area (Å²) in [4.78, 5) is 38.5. The molecule has 0 aromatic carbocycles. The molecule has 0 amide bonds. The Morgan fingerprint density at radius 1 is 0.247 bits per heavy atom. The summed E-state index contributed by atoms with van der Waals surface area (Å²) >= 11 is 0. The molecule has 0 saturated carbocycles. The van der Waals surface area contributed by atoms with Crippen LogP contribution in [0.5, 0.6) is 0 Å². The maximum Gasteiger partial charge on any atom is 0.306 e. The molecule has 0 aliphatic rings. The fourth-order valence-electron chi connectivity index (χ4n) is 11.0. The minimum absolute atomic E-state index is 0.0637. The third kappa shape index (κ3) is 64.9. The fraction of sp³-hybridized carbons (Fsp3) is 0.930. The van der Waals surface area contributed by atoms with E-state index in [-0.39, 0.29) is 31.1 Å². The van der Waals surface area contributed by atoms with E-state index in [1.165, 1.54) is 308 Å². The van der Waals surface area contributed by atoms with Gasteiger partial charge >= 0.3 is 17.9 Å². The van der Waals surface area contributed by atoms with Crippen molar-refractivity contribution in [2.75, 3.05) is 13.2 Å². The maximum atomic E-state index is 12.9. The number of allylic oxidation sites excluding steroid dienone is 2. The molecule has 1 atom stereocenters. The molecule has 0 aromatic heterocycles. The van der Waals surface area contributed by atoms with Crippen LogP contribution in [0, 0.1) is 0 Å². The highest BCUT2D eigenvalue weighted by atomic mass is 16.6. The molecule has 0 saturated heterocycles. The van der Waals surface area contributed by atoms with Gasteiger partial charge < -0.3 is 14.2 Å². The zero-order chi connectivity index (χ0) is 55.7. The van der Waals surface area contributed by atoms with Crippen molar-refractivity contribution in [1.82, 2.24) is 0 Å². The Bertz CT molecular complexity index is 1200. The SMILES string of the molecule is CCCCCCCC/C=C\CCCCCCCCCCCC(=O)OC(COC(=O)CCCCCCCCCCCCCCCCCCCC)COC(=O)CCCCCCCCCCCCCCCCCCCCCCCC. The first-order valence-electron chi connectivity index (χ1n) is 35.2. The molecule has 6 heteroatoms. The van der Waals surface area contributed by atoms with E-state index in [4.69, 9.17) is 14.2 Å². The molecular weight excluding hydrogens is 949 g/mol. The van der Waals surface area contributed by atoms with Crippen LogP contribution in [0.4, 0.5) is 0 Å². The molecule has 6 nitrogen and oxygen atoms in total. The fourth-order valence-corrected chi connectivity index (χ4v) is 11.0. The van der Waals surface area contributed by atoms with Crippen LogP contribution in [0.1, 0.15) is 406 Å². The van der Waals surface area contributed by atoms with Crippen molar-refractivity contribution in [2.24, 2.45) is 0 Å². The first-order valence-corrected chi connectivity index (χ1v) is 35.2. The molecule has 0 N–H and O–H groups in total. The number of ether oxygens (including phenoxy) is 3. The van der Waals surface area contributed by atoms with Crippen LogP contribution < -0.4 is 0 Å². The lowest BCUT2D eigenvalue weighted by atomic mass is 10.0. The lowest BCUT2D eigenvalue weighted by Crippen LogP contribution is -2.30. The zero-order valence-electron chi connectivity index (χ0n) is 52.5. The summed E-state index contributed by atoms with van der Waals surface area (Å²) in [6.07, 6.45) is 79.5. The van der Waals surface area contributed by atoms with Gasteiger partial charge in [0, 0.05) is 19.3 Å². The largest absolute Gasteiger partial charge is 0.462 e. The van der Waals surface area contributed by atoms with Crippen molar-refractivity contribution in [3.05, 3.63) is 12.2 Å². The number of esters is 3. The monoisotopic (exact) mass is 1090 g/mol. The lowest BCUT2D eigenvalue weighted by molar-refractivity contribution is -0.167. The van der Waals surface area contributed by atoms with Gasteiger partial charge in [-0.2, -0.15) is 0 Å². The summed E-state index contributed by atoms with van der Waals surface area (Å²) in [5, 5.41) is 0. The standard InChI is InChI=1S/C71H136O6/c1-4-7-10-13-16-19-22-25-28-31-34-35-36-38-40-43-46-49-52-55-58-61-64-70(73)76-67-68(66-75-69(72)63-60-57-54-51-48-45-42-39-33-30-27-24-21-18-15-12-9-6-3)77-71(74)65-62-59-56-53-50-47-44-41-37-32-29-26-23-20-17-14-11-8-5-2/h26,29,68H,4-25,27-28,30-67H2,1-3H3/b29-26-. The van der Waals surface area contributed by atoms with Crippen molar-refractivity contribution in [1.29, 1.82) is 0 Å². The summed E-state index contributed by atoms with van der Waals surface area (Å²) in [5.74, 6) is -0.828. The van der Waals surface area contributed by atoms with Crippen LogP contribution in [0.2, 0.25) is 0 Å². The summed E-state index contributed by atoms with van der Waals surface area (Å²) in [5.41, 5.74) is 0. The third-order valence-electron chi connectivity index (χ3n) is 16.3. The molecule has 1 unspecified atom stereocenters. The second kappa shape index (κ2) is 66.7. The minimum atomic E-state index is -0.768. The van der Waals surface area contributed by atoms with Crippen molar-refractivity contribution in [2.45, 2.75) is 412 Å². The molecule has 77 heavy (non-hydrogen) atoms. The smallest absolute Gasteiger partial charge is 0.306 e. The Morgan fingerprint density at radius 3 is 0.649 bits per heavy atom. The predicted molar refractivity (Wildman–Crippen MR) is 335 cm³/mol. The molecular formula is C71H136O6. The van der Waals surface area contributed by atoms with Crippen molar-refractivity contribution in [3.63, 3.8) is 0 Å². The second-order valence-corrected chi connectivity index (χ2v) is 24.2. The topological polar surface area (TPSA) is 78.9 Å². The van der Waals surface area contributed by atoms with Crippen LogP contribution in [-0.2, 0) is 28.6 Å². The first kappa shape index (κ1) is 75.2. The molecule has 0 bridgehead atoms. The Balaban J connectivity index is 4.28. The molecule has 0 aromatic rings. The summed E-state index contributed by atoms with van der Waals surface area (Å²) < 4.78 is 17.0. The first-order chi connectivity index (χ1) is 38.0. The van der Waals surface area contributed by atoms with Gasteiger partial charge in [0.15, 0.2) is 6.10 Å². The van der Waals surface area contributed by atoms with Gasteiger partial charge in [0.25, 0.3) is 0 Å². The van der Waals surface area contributed by atoms with Crippen LogP contribution in [0.3, 0.4) is 0 Å².